The number of hydrogen-bond acceptors (Lipinski definition) is 6. The van der Waals surface area contributed by atoms with Gasteiger partial charge in [0.25, 0.3) is 0 Å². The molecule has 3 aromatic heterocycles. The van der Waals surface area contributed by atoms with Gasteiger partial charge in [-0.1, -0.05) is 5.16 Å². The van der Waals surface area contributed by atoms with Gasteiger partial charge in [0.2, 0.25) is 5.82 Å². The van der Waals surface area contributed by atoms with E-state index in [-0.39, 0.29) is 0 Å². The fraction of sp³-hybridized carbons (Fsp3) is 0.308. The number of hydrogen-bond donors (Lipinski definition) is 0. The van der Waals surface area contributed by atoms with E-state index in [1.807, 2.05) is 19.4 Å². The first-order chi connectivity index (χ1) is 10.2. The summed E-state index contributed by atoms with van der Waals surface area (Å²) in [6, 6.07) is 1.70. The lowest BCUT2D eigenvalue weighted by molar-refractivity contribution is 0.374. The summed E-state index contributed by atoms with van der Waals surface area (Å²) in [5.74, 6) is 0.236. The lowest BCUT2D eigenvalue weighted by Crippen LogP contribution is -2.16. The van der Waals surface area contributed by atoms with E-state index >= 15 is 0 Å². The monoisotopic (exact) mass is 286 g/mol. The Morgan fingerprint density at radius 3 is 2.81 bits per heavy atom. The van der Waals surface area contributed by atoms with Crippen molar-refractivity contribution in [1.29, 1.82) is 0 Å². The first-order valence-corrected chi connectivity index (χ1v) is 6.55. The van der Waals surface area contributed by atoms with E-state index in [0.29, 0.717) is 18.2 Å². The van der Waals surface area contributed by atoms with Crippen molar-refractivity contribution in [2.75, 3.05) is 0 Å². The van der Waals surface area contributed by atoms with E-state index < -0.39 is 5.76 Å². The van der Waals surface area contributed by atoms with Crippen LogP contribution >= 0.6 is 0 Å². The molecular formula is C13H14N6O2. The Kier molecular flexibility index (Phi) is 3.59. The Morgan fingerprint density at radius 1 is 1.29 bits per heavy atom. The smallest absolute Gasteiger partial charge is 0.295 e. The molecule has 8 nitrogen and oxygen atoms in total. The van der Waals surface area contributed by atoms with E-state index in [9.17, 15) is 4.79 Å². The molecule has 108 valence electrons. The SMILES string of the molecule is Cn1cc(CCCn2c(-c3ncccn3)noc2=O)cn1. The summed E-state index contributed by atoms with van der Waals surface area (Å²) in [4.78, 5) is 19.9. The van der Waals surface area contributed by atoms with Crippen LogP contribution in [0.4, 0.5) is 0 Å². The zero-order chi connectivity index (χ0) is 14.7. The van der Waals surface area contributed by atoms with Crippen LogP contribution in [0.3, 0.4) is 0 Å². The lowest BCUT2D eigenvalue weighted by Gasteiger charge is -2.02. The maximum absolute atomic E-state index is 11.7. The third-order valence-corrected chi connectivity index (χ3v) is 3.06. The lowest BCUT2D eigenvalue weighted by atomic mass is 10.2. The number of nitrogens with zero attached hydrogens (tertiary/aromatic N) is 6. The summed E-state index contributed by atoms with van der Waals surface area (Å²) < 4.78 is 7.92. The summed E-state index contributed by atoms with van der Waals surface area (Å²) in [6.45, 7) is 0.491. The van der Waals surface area contributed by atoms with Gasteiger partial charge in [0.1, 0.15) is 0 Å². The molecule has 0 aliphatic heterocycles. The summed E-state index contributed by atoms with van der Waals surface area (Å²) >= 11 is 0. The second kappa shape index (κ2) is 5.70. The van der Waals surface area contributed by atoms with E-state index in [1.165, 1.54) is 4.57 Å². The average Bonchev–Trinajstić information content (AvgIpc) is 3.07. The van der Waals surface area contributed by atoms with Crippen LogP contribution in [-0.4, -0.2) is 29.5 Å². The van der Waals surface area contributed by atoms with Crippen LogP contribution in [0.1, 0.15) is 12.0 Å². The van der Waals surface area contributed by atoms with Crippen molar-refractivity contribution in [2.45, 2.75) is 19.4 Å². The van der Waals surface area contributed by atoms with Gasteiger partial charge >= 0.3 is 5.76 Å². The molecule has 0 saturated heterocycles. The molecule has 0 aromatic carbocycles. The van der Waals surface area contributed by atoms with Crippen molar-refractivity contribution >= 4 is 0 Å². The van der Waals surface area contributed by atoms with Crippen LogP contribution in [-0.2, 0) is 20.0 Å². The Labute approximate surface area is 120 Å². The molecule has 0 N–H and O–H groups in total. The molecule has 0 radical (unpaired) electrons. The molecule has 0 saturated carbocycles. The second-order valence-electron chi connectivity index (χ2n) is 4.62. The van der Waals surface area contributed by atoms with Crippen molar-refractivity contribution < 1.29 is 4.52 Å². The van der Waals surface area contributed by atoms with Crippen molar-refractivity contribution in [3.05, 3.63) is 47.0 Å². The van der Waals surface area contributed by atoms with E-state index in [0.717, 1.165) is 18.4 Å². The normalized spacial score (nSPS) is 10.9. The average molecular weight is 286 g/mol. The Hall–Kier alpha value is -2.77. The van der Waals surface area contributed by atoms with E-state index in [1.54, 1.807) is 23.1 Å². The molecular weight excluding hydrogens is 272 g/mol. The number of rotatable bonds is 5. The van der Waals surface area contributed by atoms with Gasteiger partial charge in [0.15, 0.2) is 5.82 Å². The van der Waals surface area contributed by atoms with Crippen LogP contribution in [0.5, 0.6) is 0 Å². The Balaban J connectivity index is 1.74. The van der Waals surface area contributed by atoms with Gasteiger partial charge in [0, 0.05) is 32.2 Å². The van der Waals surface area contributed by atoms with Crippen LogP contribution in [0.25, 0.3) is 11.6 Å². The molecule has 0 aliphatic rings. The van der Waals surface area contributed by atoms with E-state index in [2.05, 4.69) is 20.2 Å². The molecule has 0 atom stereocenters. The molecule has 0 amide bonds. The molecule has 0 unspecified atom stereocenters. The highest BCUT2D eigenvalue weighted by molar-refractivity contribution is 5.41. The molecule has 0 fully saturated rings. The van der Waals surface area contributed by atoms with Crippen molar-refractivity contribution in [1.82, 2.24) is 29.5 Å². The summed E-state index contributed by atoms with van der Waals surface area (Å²) in [5, 5.41) is 7.86. The topological polar surface area (TPSA) is 91.6 Å². The largest absolute Gasteiger partial charge is 0.441 e. The molecule has 3 heterocycles. The van der Waals surface area contributed by atoms with Gasteiger partial charge < -0.3 is 0 Å². The second-order valence-corrected chi connectivity index (χ2v) is 4.62. The molecule has 8 heteroatoms. The van der Waals surface area contributed by atoms with Gasteiger partial charge in [-0.3, -0.25) is 13.8 Å². The van der Waals surface area contributed by atoms with E-state index in [4.69, 9.17) is 4.52 Å². The van der Waals surface area contributed by atoms with Crippen LogP contribution in [0.15, 0.2) is 40.2 Å². The standard InChI is InChI=1S/C13H14N6O2/c1-18-9-10(8-16-18)4-2-7-19-12(17-21-13(19)20)11-14-5-3-6-15-11/h3,5-6,8-9H,2,4,7H2,1H3. The van der Waals surface area contributed by atoms with Gasteiger partial charge in [-0.25, -0.2) is 14.8 Å². The molecule has 0 bridgehead atoms. The maximum Gasteiger partial charge on any atom is 0.441 e. The van der Waals surface area contributed by atoms with Gasteiger partial charge in [-0.05, 0) is 24.5 Å². The van der Waals surface area contributed by atoms with Crippen molar-refractivity contribution in [3.8, 4) is 11.6 Å². The predicted molar refractivity (Wildman–Crippen MR) is 73.3 cm³/mol. The maximum atomic E-state index is 11.7. The highest BCUT2D eigenvalue weighted by Crippen LogP contribution is 2.10. The predicted octanol–water partition coefficient (Wildman–Crippen LogP) is 0.660. The zero-order valence-electron chi connectivity index (χ0n) is 11.5. The molecule has 21 heavy (non-hydrogen) atoms. The Bertz CT molecular complexity index is 773. The quantitative estimate of drug-likeness (QED) is 0.684. The van der Waals surface area contributed by atoms with Crippen LogP contribution in [0.2, 0.25) is 0 Å². The van der Waals surface area contributed by atoms with Gasteiger partial charge in [0.05, 0.1) is 6.20 Å². The van der Waals surface area contributed by atoms with Crippen molar-refractivity contribution in [3.63, 3.8) is 0 Å². The third-order valence-electron chi connectivity index (χ3n) is 3.06. The fourth-order valence-corrected chi connectivity index (χ4v) is 2.08. The zero-order valence-corrected chi connectivity index (χ0v) is 11.5. The highest BCUT2D eigenvalue weighted by Gasteiger charge is 2.14. The fourth-order valence-electron chi connectivity index (χ4n) is 2.08. The number of aromatic nitrogens is 6. The third kappa shape index (κ3) is 2.88. The highest BCUT2D eigenvalue weighted by atomic mass is 16.5. The molecule has 0 aliphatic carbocycles. The Morgan fingerprint density at radius 2 is 2.10 bits per heavy atom. The van der Waals surface area contributed by atoms with Gasteiger partial charge in [-0.15, -0.1) is 0 Å². The minimum absolute atomic E-state index is 0.354. The first-order valence-electron chi connectivity index (χ1n) is 6.55. The minimum atomic E-state index is -0.497. The summed E-state index contributed by atoms with van der Waals surface area (Å²) in [6.07, 6.45) is 8.56. The van der Waals surface area contributed by atoms with Crippen LogP contribution < -0.4 is 5.76 Å². The summed E-state index contributed by atoms with van der Waals surface area (Å²) in [5.41, 5.74) is 1.12. The number of aryl methyl sites for hydroxylation is 2. The first kappa shape index (κ1) is 13.2. The van der Waals surface area contributed by atoms with Crippen LogP contribution in [0, 0.1) is 0 Å². The summed E-state index contributed by atoms with van der Waals surface area (Å²) in [7, 11) is 1.87. The van der Waals surface area contributed by atoms with Crippen molar-refractivity contribution in [2.24, 2.45) is 7.05 Å². The molecule has 3 aromatic rings. The van der Waals surface area contributed by atoms with Gasteiger partial charge in [-0.2, -0.15) is 5.10 Å². The minimum Gasteiger partial charge on any atom is -0.295 e. The molecule has 0 spiro atoms. The molecule has 3 rings (SSSR count).